The molecule has 1 N–H and O–H groups in total. The summed E-state index contributed by atoms with van der Waals surface area (Å²) < 4.78 is 7.25. The first-order valence-electron chi connectivity index (χ1n) is 12.8. The third kappa shape index (κ3) is 5.05. The van der Waals surface area contributed by atoms with Gasteiger partial charge in [0.25, 0.3) is 0 Å². The van der Waals surface area contributed by atoms with Gasteiger partial charge in [0.1, 0.15) is 0 Å². The van der Waals surface area contributed by atoms with Crippen molar-refractivity contribution in [2.45, 2.75) is 52.1 Å². The third-order valence-electron chi connectivity index (χ3n) is 6.92. The largest absolute Gasteiger partial charge is 0.461 e. The summed E-state index contributed by atoms with van der Waals surface area (Å²) in [5, 5.41) is 5.82. The number of H-pyrrole nitrogens is 1. The lowest BCUT2D eigenvalue weighted by atomic mass is 10.0. The van der Waals surface area contributed by atoms with Crippen LogP contribution in [0.5, 0.6) is 0 Å². The highest BCUT2D eigenvalue weighted by Gasteiger charge is 2.30. The van der Waals surface area contributed by atoms with Crippen molar-refractivity contribution in [1.82, 2.24) is 19.7 Å². The maximum Gasteiger partial charge on any atom is 0.359 e. The van der Waals surface area contributed by atoms with Crippen molar-refractivity contribution in [3.8, 4) is 0 Å². The van der Waals surface area contributed by atoms with Crippen molar-refractivity contribution < 1.29 is 14.3 Å². The van der Waals surface area contributed by atoms with Gasteiger partial charge in [-0.1, -0.05) is 48.5 Å². The molecule has 7 heteroatoms. The second kappa shape index (κ2) is 10.8. The summed E-state index contributed by atoms with van der Waals surface area (Å²) in [6, 6.07) is 18.5. The summed E-state index contributed by atoms with van der Waals surface area (Å²) in [5.41, 5.74) is 5.75. The molecule has 0 saturated heterocycles. The molecule has 0 radical (unpaired) electrons. The van der Waals surface area contributed by atoms with E-state index in [1.54, 1.807) is 6.92 Å². The van der Waals surface area contributed by atoms with Crippen LogP contribution >= 0.6 is 0 Å². The number of amides is 1. The zero-order valence-electron chi connectivity index (χ0n) is 20.7. The first kappa shape index (κ1) is 23.9. The number of fused-ring (bicyclic) bond motifs is 2. The summed E-state index contributed by atoms with van der Waals surface area (Å²) in [6.45, 7) is 3.84. The van der Waals surface area contributed by atoms with Crippen LogP contribution in [0, 0.1) is 0 Å². The van der Waals surface area contributed by atoms with Crippen LogP contribution in [0.25, 0.3) is 10.9 Å². The lowest BCUT2D eigenvalue weighted by molar-refractivity contribution is -0.132. The number of para-hydroxylation sites is 1. The molecule has 4 aromatic rings. The van der Waals surface area contributed by atoms with Gasteiger partial charge in [-0.2, -0.15) is 5.10 Å². The maximum atomic E-state index is 13.2. The van der Waals surface area contributed by atoms with Gasteiger partial charge >= 0.3 is 5.97 Å². The molecule has 0 bridgehead atoms. The van der Waals surface area contributed by atoms with Crippen LogP contribution in [0.1, 0.15) is 52.6 Å². The number of carbonyl (C=O) groups excluding carboxylic acids is 2. The van der Waals surface area contributed by atoms with Crippen LogP contribution in [0.2, 0.25) is 0 Å². The van der Waals surface area contributed by atoms with Gasteiger partial charge in [0.15, 0.2) is 5.69 Å². The van der Waals surface area contributed by atoms with Crippen LogP contribution in [-0.2, 0) is 41.9 Å². The molecular formula is C29H32N4O3. The number of carbonyl (C=O) groups is 2. The molecule has 186 valence electrons. The third-order valence-corrected chi connectivity index (χ3v) is 6.92. The monoisotopic (exact) mass is 484 g/mol. The Hall–Kier alpha value is -3.87. The Morgan fingerprint density at radius 1 is 1.06 bits per heavy atom. The highest BCUT2D eigenvalue weighted by Crippen LogP contribution is 2.26. The number of aryl methyl sites for hydroxylation is 3. The SMILES string of the molecule is CCOC(=O)c1nn(CCCc2ccccc2)c2c1CN(C(=O)CCc1c[nH]c3ccccc13)CC2. The Bertz CT molecular complexity index is 1360. The molecule has 1 amide bonds. The van der Waals surface area contributed by atoms with E-state index < -0.39 is 5.97 Å². The average Bonchev–Trinajstić information content (AvgIpc) is 3.49. The standard InChI is InChI=1S/C29H32N4O3/c1-2-36-29(35)28-24-20-32(27(34)15-14-22-19-30-25-13-7-6-12-23(22)25)18-16-26(24)33(31-28)17-8-11-21-9-4-3-5-10-21/h3-7,9-10,12-13,19,30H,2,8,11,14-18,20H2,1H3. The van der Waals surface area contributed by atoms with E-state index in [-0.39, 0.29) is 5.91 Å². The van der Waals surface area contributed by atoms with Crippen molar-refractivity contribution in [2.75, 3.05) is 13.2 Å². The first-order valence-corrected chi connectivity index (χ1v) is 12.8. The summed E-state index contributed by atoms with van der Waals surface area (Å²) in [6.07, 6.45) is 5.65. The molecule has 0 aliphatic carbocycles. The van der Waals surface area contributed by atoms with Crippen molar-refractivity contribution in [1.29, 1.82) is 0 Å². The molecule has 36 heavy (non-hydrogen) atoms. The summed E-state index contributed by atoms with van der Waals surface area (Å²) in [4.78, 5) is 31.0. The highest BCUT2D eigenvalue weighted by atomic mass is 16.5. The second-order valence-electron chi connectivity index (χ2n) is 9.23. The quantitative estimate of drug-likeness (QED) is 0.350. The minimum absolute atomic E-state index is 0.0950. The first-order chi connectivity index (χ1) is 17.6. The number of aromatic amines is 1. The van der Waals surface area contributed by atoms with E-state index in [1.807, 2.05) is 52.2 Å². The van der Waals surface area contributed by atoms with Gasteiger partial charge < -0.3 is 14.6 Å². The minimum Gasteiger partial charge on any atom is -0.461 e. The fourth-order valence-corrected chi connectivity index (χ4v) is 5.07. The van der Waals surface area contributed by atoms with Crippen LogP contribution in [0.4, 0.5) is 0 Å². The van der Waals surface area contributed by atoms with E-state index in [2.05, 4.69) is 28.3 Å². The Morgan fingerprint density at radius 2 is 1.86 bits per heavy atom. The van der Waals surface area contributed by atoms with E-state index in [1.165, 1.54) is 5.56 Å². The Balaban J connectivity index is 1.28. The predicted molar refractivity (Wildman–Crippen MR) is 139 cm³/mol. The zero-order valence-corrected chi connectivity index (χ0v) is 20.7. The number of benzene rings is 2. The van der Waals surface area contributed by atoms with Gasteiger partial charge in [-0.25, -0.2) is 4.79 Å². The number of rotatable bonds is 9. The van der Waals surface area contributed by atoms with Crippen LogP contribution < -0.4 is 0 Å². The fraction of sp³-hybridized carbons (Fsp3) is 0.345. The molecule has 0 atom stereocenters. The molecule has 0 saturated carbocycles. The van der Waals surface area contributed by atoms with Gasteiger partial charge in [0.2, 0.25) is 5.91 Å². The fourth-order valence-electron chi connectivity index (χ4n) is 5.07. The van der Waals surface area contributed by atoms with Crippen molar-refractivity contribution in [3.63, 3.8) is 0 Å². The van der Waals surface area contributed by atoms with Gasteiger partial charge in [-0.05, 0) is 43.4 Å². The molecule has 0 spiro atoms. The number of aromatic nitrogens is 3. The molecule has 0 unspecified atom stereocenters. The molecule has 1 aliphatic rings. The number of esters is 1. The molecule has 3 heterocycles. The van der Waals surface area contributed by atoms with Gasteiger partial charge in [0, 0.05) is 60.8 Å². The Labute approximate surface area is 211 Å². The molecule has 2 aromatic carbocycles. The molecule has 0 fully saturated rings. The number of ether oxygens (including phenoxy) is 1. The lowest BCUT2D eigenvalue weighted by Gasteiger charge is -2.28. The molecule has 2 aromatic heterocycles. The van der Waals surface area contributed by atoms with E-state index >= 15 is 0 Å². The number of nitrogens with zero attached hydrogens (tertiary/aromatic N) is 3. The van der Waals surface area contributed by atoms with Crippen LogP contribution in [0.3, 0.4) is 0 Å². The van der Waals surface area contributed by atoms with Crippen molar-refractivity contribution in [2.24, 2.45) is 0 Å². The summed E-state index contributed by atoms with van der Waals surface area (Å²) >= 11 is 0. The number of hydrogen-bond acceptors (Lipinski definition) is 4. The van der Waals surface area contributed by atoms with Crippen LogP contribution in [0.15, 0.2) is 60.8 Å². The summed E-state index contributed by atoms with van der Waals surface area (Å²) in [5.74, 6) is -0.318. The zero-order chi connectivity index (χ0) is 24.9. The van der Waals surface area contributed by atoms with E-state index in [4.69, 9.17) is 4.74 Å². The highest BCUT2D eigenvalue weighted by molar-refractivity contribution is 5.90. The van der Waals surface area contributed by atoms with Gasteiger partial charge in [0.05, 0.1) is 6.61 Å². The lowest BCUT2D eigenvalue weighted by Crippen LogP contribution is -2.37. The molecule has 5 rings (SSSR count). The van der Waals surface area contributed by atoms with E-state index in [0.29, 0.717) is 44.7 Å². The topological polar surface area (TPSA) is 80.2 Å². The van der Waals surface area contributed by atoms with Crippen molar-refractivity contribution >= 4 is 22.8 Å². The molecular weight excluding hydrogens is 452 g/mol. The summed E-state index contributed by atoms with van der Waals surface area (Å²) in [7, 11) is 0. The second-order valence-corrected chi connectivity index (χ2v) is 9.23. The van der Waals surface area contributed by atoms with E-state index in [0.717, 1.165) is 47.1 Å². The van der Waals surface area contributed by atoms with E-state index in [9.17, 15) is 9.59 Å². The number of hydrogen-bond donors (Lipinski definition) is 1. The normalized spacial score (nSPS) is 13.1. The minimum atomic E-state index is -0.413. The Morgan fingerprint density at radius 3 is 2.69 bits per heavy atom. The van der Waals surface area contributed by atoms with Gasteiger partial charge in [-0.3, -0.25) is 9.48 Å². The molecule has 7 nitrogen and oxygen atoms in total. The maximum absolute atomic E-state index is 13.2. The number of nitrogens with one attached hydrogen (secondary N) is 1. The van der Waals surface area contributed by atoms with Gasteiger partial charge in [-0.15, -0.1) is 0 Å². The predicted octanol–water partition coefficient (Wildman–Crippen LogP) is 4.69. The van der Waals surface area contributed by atoms with Crippen LogP contribution in [-0.4, -0.2) is 44.7 Å². The average molecular weight is 485 g/mol. The smallest absolute Gasteiger partial charge is 0.359 e. The Kier molecular flexibility index (Phi) is 7.16. The van der Waals surface area contributed by atoms with Crippen molar-refractivity contribution in [3.05, 3.63) is 88.9 Å². The molecule has 1 aliphatic heterocycles.